The fraction of sp³-hybridized carbons (Fsp3) is 0.947. The van der Waals surface area contributed by atoms with Crippen LogP contribution in [0.2, 0.25) is 0 Å². The van der Waals surface area contributed by atoms with Gasteiger partial charge in [-0.2, -0.15) is 11.8 Å². The van der Waals surface area contributed by atoms with Gasteiger partial charge in [-0.25, -0.2) is 0 Å². The molecule has 2 aliphatic rings. The lowest BCUT2D eigenvalue weighted by molar-refractivity contribution is 0.112. The van der Waals surface area contributed by atoms with E-state index in [0.29, 0.717) is 5.54 Å². The number of nitrogens with one attached hydrogen (secondary N) is 2. The third-order valence-electron chi connectivity index (χ3n) is 5.30. The highest BCUT2D eigenvalue weighted by atomic mass is 127. The molecule has 1 saturated heterocycles. The van der Waals surface area contributed by atoms with Crippen LogP contribution in [0.4, 0.5) is 0 Å². The number of hydrogen-bond donors (Lipinski definition) is 2. The van der Waals surface area contributed by atoms with Crippen molar-refractivity contribution in [2.75, 3.05) is 57.4 Å². The molecule has 0 aromatic rings. The number of thioether (sulfide) groups is 1. The highest BCUT2D eigenvalue weighted by molar-refractivity contribution is 14.0. The summed E-state index contributed by atoms with van der Waals surface area (Å²) in [5.41, 5.74) is 0.318. The highest BCUT2D eigenvalue weighted by Gasteiger charge is 2.39. The van der Waals surface area contributed by atoms with Crippen LogP contribution in [0.1, 0.15) is 52.4 Å². The molecule has 1 heterocycles. The Morgan fingerprint density at radius 2 is 1.85 bits per heavy atom. The molecule has 5 nitrogen and oxygen atoms in total. The first-order valence-corrected chi connectivity index (χ1v) is 11.4. The third kappa shape index (κ3) is 8.10. The second-order valence-corrected chi connectivity index (χ2v) is 8.28. The number of unbranched alkanes of at least 4 members (excludes halogenated alkanes) is 1. The predicted molar refractivity (Wildman–Crippen MR) is 125 cm³/mol. The summed E-state index contributed by atoms with van der Waals surface area (Å²) < 4.78 is 5.40. The Morgan fingerprint density at radius 1 is 1.12 bits per heavy atom. The number of nitrogens with zero attached hydrogens (tertiary/aromatic N) is 2. The molecule has 2 rings (SSSR count). The topological polar surface area (TPSA) is 48.9 Å². The Labute approximate surface area is 181 Å². The second kappa shape index (κ2) is 14.3. The molecule has 0 amide bonds. The van der Waals surface area contributed by atoms with Crippen molar-refractivity contribution in [2.24, 2.45) is 4.99 Å². The van der Waals surface area contributed by atoms with E-state index in [4.69, 9.17) is 9.73 Å². The molecule has 0 aromatic heterocycles. The molecule has 0 unspecified atom stereocenters. The SMILES string of the molecule is CCNC(=NCC1(N2CCSCC2)CCCC1)NCCCCOCC.I. The smallest absolute Gasteiger partial charge is 0.191 e. The maximum atomic E-state index is 5.40. The van der Waals surface area contributed by atoms with Crippen molar-refractivity contribution < 1.29 is 4.74 Å². The molecule has 7 heteroatoms. The molecule has 1 aliphatic heterocycles. The average Bonchev–Trinajstić information content (AvgIpc) is 3.13. The van der Waals surface area contributed by atoms with E-state index in [2.05, 4.69) is 34.2 Å². The Hall–Kier alpha value is 0.270. The van der Waals surface area contributed by atoms with E-state index in [-0.39, 0.29) is 24.0 Å². The van der Waals surface area contributed by atoms with Crippen molar-refractivity contribution in [3.05, 3.63) is 0 Å². The van der Waals surface area contributed by atoms with Crippen molar-refractivity contribution in [1.29, 1.82) is 0 Å². The zero-order chi connectivity index (χ0) is 17.8. The van der Waals surface area contributed by atoms with Gasteiger partial charge in [-0.3, -0.25) is 9.89 Å². The molecule has 2 fully saturated rings. The molecule has 0 spiro atoms. The lowest BCUT2D eigenvalue weighted by Gasteiger charge is -2.42. The van der Waals surface area contributed by atoms with Gasteiger partial charge in [-0.05, 0) is 39.5 Å². The Balaban J connectivity index is 0.00000338. The molecule has 154 valence electrons. The number of guanidine groups is 1. The summed E-state index contributed by atoms with van der Waals surface area (Å²) in [6.45, 7) is 11.2. The first-order valence-electron chi connectivity index (χ1n) is 10.2. The fourth-order valence-electron chi connectivity index (χ4n) is 3.89. The summed E-state index contributed by atoms with van der Waals surface area (Å²) >= 11 is 2.10. The van der Waals surface area contributed by atoms with Gasteiger partial charge in [0.15, 0.2) is 5.96 Å². The molecule has 1 aliphatic carbocycles. The molecule has 0 aromatic carbocycles. The van der Waals surface area contributed by atoms with Gasteiger partial charge in [0, 0.05) is 56.4 Å². The Bertz CT molecular complexity index is 386. The number of ether oxygens (including phenoxy) is 1. The van der Waals surface area contributed by atoms with E-state index >= 15 is 0 Å². The van der Waals surface area contributed by atoms with Crippen LogP contribution in [0.5, 0.6) is 0 Å². The number of rotatable bonds is 10. The summed E-state index contributed by atoms with van der Waals surface area (Å²) in [5.74, 6) is 3.55. The first-order chi connectivity index (χ1) is 12.3. The van der Waals surface area contributed by atoms with Crippen LogP contribution in [0.3, 0.4) is 0 Å². The molecule has 0 atom stereocenters. The van der Waals surface area contributed by atoms with Crippen molar-refractivity contribution in [1.82, 2.24) is 15.5 Å². The summed E-state index contributed by atoms with van der Waals surface area (Å²) in [6, 6.07) is 0. The maximum Gasteiger partial charge on any atom is 0.191 e. The van der Waals surface area contributed by atoms with Gasteiger partial charge in [-0.15, -0.1) is 24.0 Å². The summed E-state index contributed by atoms with van der Waals surface area (Å²) in [5, 5.41) is 6.92. The normalized spacial score (nSPS) is 20.6. The standard InChI is InChI=1S/C19H38N4OS.HI/c1-3-20-18(21-11-7-8-14-24-4-2)22-17-19(9-5-6-10-19)23-12-15-25-16-13-23;/h3-17H2,1-2H3,(H2,20,21,22);1H. The number of aliphatic imine (C=N–C) groups is 1. The Morgan fingerprint density at radius 3 is 2.50 bits per heavy atom. The van der Waals surface area contributed by atoms with Crippen molar-refractivity contribution in [3.8, 4) is 0 Å². The molecule has 26 heavy (non-hydrogen) atoms. The van der Waals surface area contributed by atoms with E-state index in [0.717, 1.165) is 51.6 Å². The minimum absolute atomic E-state index is 0. The van der Waals surface area contributed by atoms with E-state index in [1.165, 1.54) is 50.3 Å². The van der Waals surface area contributed by atoms with E-state index in [9.17, 15) is 0 Å². The molecular weight excluding hydrogens is 459 g/mol. The molecule has 1 saturated carbocycles. The molecule has 0 bridgehead atoms. The largest absolute Gasteiger partial charge is 0.382 e. The third-order valence-corrected chi connectivity index (χ3v) is 6.25. The van der Waals surface area contributed by atoms with Gasteiger partial charge in [0.25, 0.3) is 0 Å². The average molecular weight is 499 g/mol. The van der Waals surface area contributed by atoms with Crippen molar-refractivity contribution >= 4 is 41.7 Å². The quantitative estimate of drug-likeness (QED) is 0.210. The van der Waals surface area contributed by atoms with Gasteiger partial charge in [0.2, 0.25) is 0 Å². The van der Waals surface area contributed by atoms with Crippen LogP contribution in [0.15, 0.2) is 4.99 Å². The van der Waals surface area contributed by atoms with Gasteiger partial charge in [0.1, 0.15) is 0 Å². The van der Waals surface area contributed by atoms with E-state index < -0.39 is 0 Å². The lowest BCUT2D eigenvalue weighted by atomic mass is 9.95. The highest BCUT2D eigenvalue weighted by Crippen LogP contribution is 2.37. The van der Waals surface area contributed by atoms with E-state index in [1.54, 1.807) is 0 Å². The summed E-state index contributed by atoms with van der Waals surface area (Å²) in [6.07, 6.45) is 7.58. The predicted octanol–water partition coefficient (Wildman–Crippen LogP) is 3.34. The Kier molecular flexibility index (Phi) is 13.4. The molecule has 0 radical (unpaired) electrons. The lowest BCUT2D eigenvalue weighted by Crippen LogP contribution is -2.53. The first kappa shape index (κ1) is 24.3. The number of halogens is 1. The summed E-state index contributed by atoms with van der Waals surface area (Å²) in [4.78, 5) is 7.73. The monoisotopic (exact) mass is 498 g/mol. The second-order valence-electron chi connectivity index (χ2n) is 7.06. The molecule has 2 N–H and O–H groups in total. The van der Waals surface area contributed by atoms with E-state index in [1.807, 2.05) is 6.92 Å². The van der Waals surface area contributed by atoms with Crippen molar-refractivity contribution in [3.63, 3.8) is 0 Å². The minimum Gasteiger partial charge on any atom is -0.382 e. The van der Waals surface area contributed by atoms with Crippen LogP contribution in [-0.4, -0.2) is 73.8 Å². The van der Waals surface area contributed by atoms with Crippen LogP contribution in [0, 0.1) is 0 Å². The molecular formula is C19H39IN4OS. The fourth-order valence-corrected chi connectivity index (χ4v) is 4.80. The number of hydrogen-bond acceptors (Lipinski definition) is 4. The minimum atomic E-state index is 0. The van der Waals surface area contributed by atoms with Crippen LogP contribution in [-0.2, 0) is 4.74 Å². The van der Waals surface area contributed by atoms with Crippen LogP contribution in [0.25, 0.3) is 0 Å². The van der Waals surface area contributed by atoms with Crippen LogP contribution < -0.4 is 10.6 Å². The zero-order valence-electron chi connectivity index (χ0n) is 16.7. The maximum absolute atomic E-state index is 5.40. The van der Waals surface area contributed by atoms with Gasteiger partial charge in [0.05, 0.1) is 6.54 Å². The van der Waals surface area contributed by atoms with Gasteiger partial charge < -0.3 is 15.4 Å². The van der Waals surface area contributed by atoms with Gasteiger partial charge >= 0.3 is 0 Å². The van der Waals surface area contributed by atoms with Gasteiger partial charge in [-0.1, -0.05) is 12.8 Å². The van der Waals surface area contributed by atoms with Crippen molar-refractivity contribution in [2.45, 2.75) is 57.9 Å². The zero-order valence-corrected chi connectivity index (χ0v) is 19.9. The van der Waals surface area contributed by atoms with Crippen LogP contribution >= 0.6 is 35.7 Å². The summed E-state index contributed by atoms with van der Waals surface area (Å²) in [7, 11) is 0.